The lowest BCUT2D eigenvalue weighted by molar-refractivity contribution is -0.147. The van der Waals surface area contributed by atoms with Crippen molar-refractivity contribution in [2.45, 2.75) is 19.0 Å². The number of amides is 4. The van der Waals surface area contributed by atoms with Gasteiger partial charge in [0, 0.05) is 38.1 Å². The highest BCUT2D eigenvalue weighted by molar-refractivity contribution is 6.20. The molecule has 192 valence electrons. The number of aromatic amines is 1. The smallest absolute Gasteiger partial charge is 0.331 e. The molecule has 13 heteroatoms. The second-order valence-corrected chi connectivity index (χ2v) is 9.32. The molecule has 13 nitrogen and oxygen atoms in total. The van der Waals surface area contributed by atoms with E-state index in [1.54, 1.807) is 12.1 Å². The number of benzene rings is 1. The number of fused-ring (bicyclic) bond motifs is 4. The molecule has 2 aromatic rings. The van der Waals surface area contributed by atoms with E-state index < -0.39 is 46.4 Å². The number of hydrogen-bond donors (Lipinski definition) is 4. The number of aliphatic imine (C=N–C) groups is 1. The Hall–Kier alpha value is -4.52. The van der Waals surface area contributed by atoms with Crippen molar-refractivity contribution in [1.29, 1.82) is 0 Å². The number of carbonyl (C=O) groups excluding carboxylic acids is 3. The van der Waals surface area contributed by atoms with Gasteiger partial charge in [-0.3, -0.25) is 39.6 Å². The van der Waals surface area contributed by atoms with Crippen LogP contribution in [0, 0.1) is 5.41 Å². The summed E-state index contributed by atoms with van der Waals surface area (Å²) in [6, 6.07) is 3.92. The maximum atomic E-state index is 13.2. The summed E-state index contributed by atoms with van der Waals surface area (Å²) in [6.07, 6.45) is 2.59. The number of carbonyl (C=O) groups is 3. The molecule has 3 aliphatic heterocycles. The van der Waals surface area contributed by atoms with Crippen molar-refractivity contribution in [3.05, 3.63) is 62.8 Å². The number of H-pyrrole nitrogens is 1. The number of likely N-dealkylation sites (N-methyl/N-ethyl adjacent to an activating group) is 1. The van der Waals surface area contributed by atoms with E-state index in [9.17, 15) is 29.1 Å². The molecule has 4 N–H and O–H groups in total. The van der Waals surface area contributed by atoms with Gasteiger partial charge in [0.1, 0.15) is 5.56 Å². The number of nitrogens with one attached hydrogen (secondary N) is 3. The van der Waals surface area contributed by atoms with Gasteiger partial charge >= 0.3 is 11.7 Å². The number of nitrogens with zero attached hydrogens (tertiary/aromatic N) is 4. The minimum atomic E-state index is -1.52. The number of hydrogen-bond acceptors (Lipinski definition) is 9. The summed E-state index contributed by atoms with van der Waals surface area (Å²) in [5, 5.41) is 14.9. The molecule has 4 heterocycles. The van der Waals surface area contributed by atoms with Gasteiger partial charge in [-0.05, 0) is 37.2 Å². The normalized spacial score (nSPS) is 20.9. The summed E-state index contributed by atoms with van der Waals surface area (Å²) in [6.45, 7) is 5.26. The average Bonchev–Trinajstić information content (AvgIpc) is 2.84. The van der Waals surface area contributed by atoms with Crippen LogP contribution >= 0.6 is 0 Å². The van der Waals surface area contributed by atoms with Crippen LogP contribution in [0.3, 0.4) is 0 Å². The standard InChI is InChI=1S/C24H25N7O6/c1-3-6-31-19(33)15(18(32)26-23(31)37)11-25-14-4-5-16-13(9-14)10-24(17-12-29(2)7-8-30(16)17)20(34)27-22(36)28-21(24)35/h3-5,9,11,17,33H,1,6-8,10,12H2,2H3,(H,26,32,37)(H2,27,28,34,35,36)/t17-/m1/s1. The maximum absolute atomic E-state index is 13.2. The molecular formula is C24H25N7O6. The Morgan fingerprint density at radius 2 is 1.89 bits per heavy atom. The molecule has 2 fully saturated rings. The zero-order chi connectivity index (χ0) is 26.5. The molecule has 5 rings (SSSR count). The van der Waals surface area contributed by atoms with Gasteiger partial charge in [0.25, 0.3) is 5.56 Å². The molecule has 0 bridgehead atoms. The van der Waals surface area contributed by atoms with Crippen LogP contribution in [0.25, 0.3) is 0 Å². The summed E-state index contributed by atoms with van der Waals surface area (Å²) in [5.41, 5.74) is -1.39. The van der Waals surface area contributed by atoms with Gasteiger partial charge in [0.2, 0.25) is 17.7 Å². The lowest BCUT2D eigenvalue weighted by Crippen LogP contribution is -2.74. The van der Waals surface area contributed by atoms with E-state index in [1.807, 2.05) is 22.9 Å². The number of rotatable bonds is 4. The second-order valence-electron chi connectivity index (χ2n) is 9.32. The Labute approximate surface area is 210 Å². The third-order valence-corrected chi connectivity index (χ3v) is 7.12. The molecule has 1 spiro atoms. The zero-order valence-electron chi connectivity index (χ0n) is 20.0. The summed E-state index contributed by atoms with van der Waals surface area (Å²) < 4.78 is 0.946. The van der Waals surface area contributed by atoms with Gasteiger partial charge in [-0.1, -0.05) is 6.08 Å². The van der Waals surface area contributed by atoms with Gasteiger partial charge in [-0.25, -0.2) is 9.59 Å². The molecule has 4 amide bonds. The first kappa shape index (κ1) is 24.2. The van der Waals surface area contributed by atoms with Gasteiger partial charge in [-0.2, -0.15) is 0 Å². The third-order valence-electron chi connectivity index (χ3n) is 7.12. The third kappa shape index (κ3) is 3.83. The summed E-state index contributed by atoms with van der Waals surface area (Å²) >= 11 is 0. The van der Waals surface area contributed by atoms with Crippen molar-refractivity contribution >= 4 is 35.4 Å². The minimum Gasteiger partial charge on any atom is -0.494 e. The Kier molecular flexibility index (Phi) is 5.79. The molecule has 0 aliphatic carbocycles. The molecule has 3 aliphatic rings. The van der Waals surface area contributed by atoms with E-state index in [4.69, 9.17) is 0 Å². The van der Waals surface area contributed by atoms with E-state index >= 15 is 0 Å². The largest absolute Gasteiger partial charge is 0.494 e. The maximum Gasteiger partial charge on any atom is 0.331 e. The predicted octanol–water partition coefficient (Wildman–Crippen LogP) is -0.792. The highest BCUT2D eigenvalue weighted by Crippen LogP contribution is 2.45. The van der Waals surface area contributed by atoms with Crippen molar-refractivity contribution < 1.29 is 19.5 Å². The number of anilines is 1. The van der Waals surface area contributed by atoms with E-state index in [2.05, 4.69) is 27.2 Å². The molecule has 37 heavy (non-hydrogen) atoms. The summed E-state index contributed by atoms with van der Waals surface area (Å²) in [5.74, 6) is -1.84. The fraction of sp³-hybridized carbons (Fsp3) is 0.333. The van der Waals surface area contributed by atoms with E-state index in [0.717, 1.165) is 23.0 Å². The van der Waals surface area contributed by atoms with E-state index in [1.165, 1.54) is 6.08 Å². The highest BCUT2D eigenvalue weighted by atomic mass is 16.3. The van der Waals surface area contributed by atoms with Crippen LogP contribution in [-0.4, -0.2) is 76.3 Å². The SMILES string of the molecule is C=CCn1c(O)c(C=Nc2ccc3c(c2)CC2(C(=O)NC(=O)NC2=O)[C@H]2CN(C)CCN32)c(=O)[nH]c1=O. The number of aromatic hydroxyl groups is 1. The minimum absolute atomic E-state index is 0.0119. The van der Waals surface area contributed by atoms with Crippen LogP contribution < -0.4 is 26.8 Å². The molecule has 2 saturated heterocycles. The molecule has 1 aromatic heterocycles. The topological polar surface area (TPSA) is 169 Å². The number of barbiturate groups is 1. The van der Waals surface area contributed by atoms with Gasteiger partial charge in [0.05, 0.1) is 11.7 Å². The van der Waals surface area contributed by atoms with Crippen LogP contribution in [0.1, 0.15) is 11.1 Å². The van der Waals surface area contributed by atoms with Crippen molar-refractivity contribution in [2.24, 2.45) is 10.4 Å². The zero-order valence-corrected chi connectivity index (χ0v) is 20.0. The fourth-order valence-electron chi connectivity index (χ4n) is 5.28. The summed E-state index contributed by atoms with van der Waals surface area (Å²) in [7, 11) is 1.91. The van der Waals surface area contributed by atoms with Crippen LogP contribution in [-0.2, 0) is 22.6 Å². The van der Waals surface area contributed by atoms with Crippen LogP contribution in [0.2, 0.25) is 0 Å². The first-order chi connectivity index (χ1) is 17.6. The summed E-state index contributed by atoms with van der Waals surface area (Å²) in [4.78, 5) is 72.9. The van der Waals surface area contributed by atoms with E-state index in [0.29, 0.717) is 24.3 Å². The first-order valence-corrected chi connectivity index (χ1v) is 11.6. The quantitative estimate of drug-likeness (QED) is 0.237. The predicted molar refractivity (Wildman–Crippen MR) is 133 cm³/mol. The van der Waals surface area contributed by atoms with Crippen LogP contribution in [0.15, 0.2) is 45.4 Å². The molecule has 0 saturated carbocycles. The molecular weight excluding hydrogens is 482 g/mol. The number of aromatic nitrogens is 2. The van der Waals surface area contributed by atoms with Gasteiger partial charge in [-0.15, -0.1) is 6.58 Å². The highest BCUT2D eigenvalue weighted by Gasteiger charge is 2.60. The number of imide groups is 2. The molecule has 0 radical (unpaired) electrons. The number of urea groups is 1. The van der Waals surface area contributed by atoms with Crippen LogP contribution in [0.4, 0.5) is 16.2 Å². The van der Waals surface area contributed by atoms with Crippen molar-refractivity contribution in [2.75, 3.05) is 31.6 Å². The van der Waals surface area contributed by atoms with E-state index in [-0.39, 0.29) is 18.5 Å². The fourth-order valence-corrected chi connectivity index (χ4v) is 5.28. The Bertz CT molecular complexity index is 1470. The number of piperazine rings is 1. The number of allylic oxidation sites excluding steroid dienone is 1. The Balaban J connectivity index is 1.56. The lowest BCUT2D eigenvalue weighted by atomic mass is 9.68. The lowest BCUT2D eigenvalue weighted by Gasteiger charge is -2.53. The van der Waals surface area contributed by atoms with Gasteiger partial charge < -0.3 is 14.9 Å². The average molecular weight is 508 g/mol. The monoisotopic (exact) mass is 507 g/mol. The first-order valence-electron chi connectivity index (χ1n) is 11.6. The molecule has 1 atom stereocenters. The van der Waals surface area contributed by atoms with Gasteiger partial charge in [0.15, 0.2) is 5.41 Å². The Morgan fingerprint density at radius 1 is 1.16 bits per heavy atom. The van der Waals surface area contributed by atoms with Crippen molar-refractivity contribution in [1.82, 2.24) is 25.1 Å². The second kappa shape index (κ2) is 8.85. The Morgan fingerprint density at radius 3 is 2.59 bits per heavy atom. The molecule has 1 aromatic carbocycles. The van der Waals surface area contributed by atoms with Crippen molar-refractivity contribution in [3.8, 4) is 5.88 Å². The van der Waals surface area contributed by atoms with Crippen LogP contribution in [0.5, 0.6) is 5.88 Å². The van der Waals surface area contributed by atoms with Crippen molar-refractivity contribution in [3.63, 3.8) is 0 Å². The molecule has 0 unspecified atom stereocenters.